The lowest BCUT2D eigenvalue weighted by Crippen LogP contribution is -2.45. The molecule has 1 unspecified atom stereocenters. The van der Waals surface area contributed by atoms with Crippen LogP contribution >= 0.6 is 0 Å². The topological polar surface area (TPSA) is 221 Å². The first-order chi connectivity index (χ1) is 22.2. The molecule has 0 aliphatic carbocycles. The molecule has 0 fully saturated rings. The Labute approximate surface area is 269 Å². The van der Waals surface area contributed by atoms with E-state index in [-0.39, 0.29) is 46.3 Å². The molecule has 248 valence electrons. The number of rotatable bonds is 10. The van der Waals surface area contributed by atoms with Gasteiger partial charge in [0.2, 0.25) is 0 Å². The van der Waals surface area contributed by atoms with E-state index in [2.05, 4.69) is 5.10 Å². The Kier molecular flexibility index (Phi) is 10.4. The van der Waals surface area contributed by atoms with Gasteiger partial charge < -0.3 is 14.6 Å². The van der Waals surface area contributed by atoms with Gasteiger partial charge in [0, 0.05) is 11.8 Å². The third kappa shape index (κ3) is 7.81. The summed E-state index contributed by atoms with van der Waals surface area (Å²) in [5.41, 5.74) is 0.0704. The number of aliphatic hydroxyl groups excluding tert-OH is 1. The molecule has 2 amide bonds. The number of hydrogen-bond acceptors (Lipinski definition) is 12. The Morgan fingerprint density at radius 1 is 0.851 bits per heavy atom. The highest BCUT2D eigenvalue weighted by Crippen LogP contribution is 2.31. The zero-order valence-corrected chi connectivity index (χ0v) is 26.3. The van der Waals surface area contributed by atoms with E-state index in [1.54, 1.807) is 13.8 Å². The lowest BCUT2D eigenvalue weighted by molar-refractivity contribution is -0.135. The van der Waals surface area contributed by atoms with Crippen LogP contribution in [-0.2, 0) is 39.3 Å². The molecule has 18 heteroatoms. The number of carbonyl (C=O) groups is 3. The summed E-state index contributed by atoms with van der Waals surface area (Å²) < 4.78 is 74.1. The molecule has 2 heterocycles. The van der Waals surface area contributed by atoms with E-state index in [9.17, 15) is 45.4 Å². The number of carbonyl (C=O) groups excluding carboxylic acids is 3. The fourth-order valence-electron chi connectivity index (χ4n) is 4.26. The summed E-state index contributed by atoms with van der Waals surface area (Å²) >= 11 is 0. The molecule has 0 spiro atoms. The first kappa shape index (κ1) is 34.7. The van der Waals surface area contributed by atoms with Gasteiger partial charge >= 0.3 is 12.1 Å². The molecule has 3 N–H and O–H groups in total. The van der Waals surface area contributed by atoms with Gasteiger partial charge in [0.05, 0.1) is 40.0 Å². The molecule has 4 rings (SSSR count). The van der Waals surface area contributed by atoms with Crippen LogP contribution in [0, 0.1) is 0 Å². The number of benzene rings is 2. The largest absolute Gasteiger partial charge is 0.461 e. The van der Waals surface area contributed by atoms with Crippen molar-refractivity contribution in [2.45, 2.75) is 29.9 Å². The van der Waals surface area contributed by atoms with Gasteiger partial charge in [-0.25, -0.2) is 14.6 Å². The highest BCUT2D eigenvalue weighted by Gasteiger charge is 2.37. The van der Waals surface area contributed by atoms with Crippen LogP contribution in [0.5, 0.6) is 0 Å². The highest BCUT2D eigenvalue weighted by molar-refractivity contribution is 7.86. The standard InChI is InChI=1S/C29H28N4O12S2/c1-3-44-28(36)25-24(27(35)32(30-25)20-10-14-22(15-11-20)46(38,39)40)9-7-5-6-8-19-18-31(29(37)45-4-2)33(26(19)34)21-12-16-23(17-13-21)47(41,42)43/h5-18,26,34H,3-4H2,1-2H3,(H,38,39,40)(H,41,42,43)/b7-5+,8-6+,24-9-. The van der Waals surface area contributed by atoms with Crippen LogP contribution in [0.1, 0.15) is 13.8 Å². The summed E-state index contributed by atoms with van der Waals surface area (Å²) in [5.74, 6) is -1.60. The van der Waals surface area contributed by atoms with E-state index in [0.717, 1.165) is 39.3 Å². The van der Waals surface area contributed by atoms with Crippen LogP contribution in [-0.4, -0.2) is 79.2 Å². The Bertz CT molecular complexity index is 1930. The van der Waals surface area contributed by atoms with Gasteiger partial charge in [-0.3, -0.25) is 13.9 Å². The van der Waals surface area contributed by atoms with E-state index in [1.807, 2.05) is 0 Å². The minimum Gasteiger partial charge on any atom is -0.461 e. The van der Waals surface area contributed by atoms with E-state index >= 15 is 0 Å². The second-order valence-electron chi connectivity index (χ2n) is 9.44. The minimum absolute atomic E-state index is 0.00289. The van der Waals surface area contributed by atoms with Crippen LogP contribution in [0.3, 0.4) is 0 Å². The van der Waals surface area contributed by atoms with Crippen LogP contribution in [0.4, 0.5) is 16.2 Å². The molecule has 16 nitrogen and oxygen atoms in total. The van der Waals surface area contributed by atoms with Gasteiger partial charge in [0.15, 0.2) is 11.9 Å². The second kappa shape index (κ2) is 14.1. The highest BCUT2D eigenvalue weighted by atomic mass is 32.2. The summed E-state index contributed by atoms with van der Waals surface area (Å²) in [5, 5.41) is 18.1. The second-order valence-corrected chi connectivity index (χ2v) is 12.3. The summed E-state index contributed by atoms with van der Waals surface area (Å²) in [4.78, 5) is 37.6. The molecule has 1 atom stereocenters. The number of anilines is 2. The van der Waals surface area contributed by atoms with E-state index in [1.165, 1.54) is 60.8 Å². The quantitative estimate of drug-likeness (QED) is 0.142. The van der Waals surface area contributed by atoms with Crippen molar-refractivity contribution >= 4 is 55.3 Å². The van der Waals surface area contributed by atoms with Crippen molar-refractivity contribution in [3.8, 4) is 0 Å². The Hall–Kier alpha value is -5.14. The number of hydrazone groups is 1. The smallest absolute Gasteiger partial charge is 0.433 e. The van der Waals surface area contributed by atoms with Crippen LogP contribution in [0.25, 0.3) is 0 Å². The Morgan fingerprint density at radius 3 is 1.94 bits per heavy atom. The van der Waals surface area contributed by atoms with E-state index in [4.69, 9.17) is 9.47 Å². The molecule has 2 aromatic rings. The molecule has 47 heavy (non-hydrogen) atoms. The SMILES string of the molecule is CCOC(=O)C1=NN(c2ccc(S(=O)(=O)O)cc2)C(=O)\C1=C/C=C/C=C/C1=CN(C(=O)OCC)N(c2ccc(S(=O)(=O)O)cc2)C1O. The predicted molar refractivity (Wildman–Crippen MR) is 166 cm³/mol. The monoisotopic (exact) mass is 688 g/mol. The number of nitrogens with zero attached hydrogens (tertiary/aromatic N) is 4. The normalized spacial score (nSPS) is 18.0. The number of esters is 1. The van der Waals surface area contributed by atoms with Crippen molar-refractivity contribution in [2.75, 3.05) is 23.2 Å². The van der Waals surface area contributed by atoms with Crippen LogP contribution in [0.2, 0.25) is 0 Å². The van der Waals surface area contributed by atoms with Crippen molar-refractivity contribution in [1.29, 1.82) is 0 Å². The van der Waals surface area contributed by atoms with Crippen molar-refractivity contribution < 1.29 is 54.9 Å². The average Bonchev–Trinajstić information content (AvgIpc) is 3.52. The maximum absolute atomic E-state index is 13.2. The third-order valence-corrected chi connectivity index (χ3v) is 8.12. The number of amides is 2. The minimum atomic E-state index is -4.48. The molecule has 2 aliphatic rings. The summed E-state index contributed by atoms with van der Waals surface area (Å²) in [6, 6.07) is 9.32. The first-order valence-corrected chi connectivity index (χ1v) is 16.5. The van der Waals surface area contributed by atoms with E-state index < -0.39 is 49.3 Å². The zero-order valence-electron chi connectivity index (χ0n) is 24.7. The van der Waals surface area contributed by atoms with Crippen molar-refractivity contribution in [3.63, 3.8) is 0 Å². The number of aliphatic hydroxyl groups is 1. The lowest BCUT2D eigenvalue weighted by atomic mass is 10.1. The molecule has 0 aromatic heterocycles. The van der Waals surface area contributed by atoms with Gasteiger partial charge in [-0.2, -0.15) is 32.0 Å². The van der Waals surface area contributed by atoms with Gasteiger partial charge in [0.25, 0.3) is 26.1 Å². The maximum Gasteiger partial charge on any atom is 0.433 e. The fourth-order valence-corrected chi connectivity index (χ4v) is 5.22. The van der Waals surface area contributed by atoms with Crippen molar-refractivity contribution in [2.24, 2.45) is 5.10 Å². The van der Waals surface area contributed by atoms with Gasteiger partial charge in [0.1, 0.15) is 0 Å². The zero-order chi connectivity index (χ0) is 34.5. The van der Waals surface area contributed by atoms with Gasteiger partial charge in [-0.15, -0.1) is 0 Å². The van der Waals surface area contributed by atoms with Crippen LogP contribution < -0.4 is 10.0 Å². The molecular weight excluding hydrogens is 660 g/mol. The molecule has 0 saturated heterocycles. The van der Waals surface area contributed by atoms with Gasteiger partial charge in [-0.1, -0.05) is 24.3 Å². The average molecular weight is 689 g/mol. The maximum atomic E-state index is 13.2. The summed E-state index contributed by atoms with van der Waals surface area (Å²) in [6.45, 7) is 3.19. The number of hydrogen-bond donors (Lipinski definition) is 3. The number of hydrazine groups is 1. The molecule has 2 aliphatic heterocycles. The summed E-state index contributed by atoms with van der Waals surface area (Å²) in [6.07, 6.45) is 6.08. The molecule has 0 radical (unpaired) electrons. The van der Waals surface area contributed by atoms with E-state index in [0.29, 0.717) is 0 Å². The number of ether oxygens (including phenoxy) is 2. The predicted octanol–water partition coefficient (Wildman–Crippen LogP) is 2.58. The Morgan fingerprint density at radius 2 is 1.40 bits per heavy atom. The van der Waals surface area contributed by atoms with Crippen molar-refractivity contribution in [3.05, 3.63) is 96.3 Å². The van der Waals surface area contributed by atoms with Crippen molar-refractivity contribution in [1.82, 2.24) is 5.01 Å². The summed E-state index contributed by atoms with van der Waals surface area (Å²) in [7, 11) is -8.95. The fraction of sp³-hybridized carbons (Fsp3) is 0.172. The molecule has 0 bridgehead atoms. The lowest BCUT2D eigenvalue weighted by Gasteiger charge is -2.31. The molecule has 0 saturated carbocycles. The Balaban J connectivity index is 1.57. The number of allylic oxidation sites excluding steroid dienone is 4. The molecule has 2 aromatic carbocycles. The van der Waals surface area contributed by atoms with Crippen LogP contribution in [0.15, 0.2) is 111 Å². The van der Waals surface area contributed by atoms with Gasteiger partial charge in [-0.05, 0) is 68.5 Å². The third-order valence-electron chi connectivity index (χ3n) is 6.39. The molecular formula is C29H28N4O12S2. The first-order valence-electron chi connectivity index (χ1n) is 13.6.